The van der Waals surface area contributed by atoms with Crippen LogP contribution in [0, 0.1) is 0 Å². The van der Waals surface area contributed by atoms with Crippen molar-refractivity contribution in [3.05, 3.63) is 72.9 Å². The molecule has 0 aliphatic rings. The zero-order valence-electron chi connectivity index (χ0n) is 36.1. The van der Waals surface area contributed by atoms with Gasteiger partial charge in [-0.05, 0) is 44.9 Å². The molecule has 0 bridgehead atoms. The molecule has 5 N–H and O–H groups in total. The van der Waals surface area contributed by atoms with Crippen LogP contribution in [0.3, 0.4) is 0 Å². The number of hydrogen-bond acceptors (Lipinski definition) is 11. The molecule has 0 saturated carbocycles. The zero-order chi connectivity index (χ0) is 44.6. The molecule has 0 aromatic rings. The molecule has 0 aliphatic carbocycles. The summed E-state index contributed by atoms with van der Waals surface area (Å²) in [5.41, 5.74) is 0. The molecular formula is C44H76O14P2. The van der Waals surface area contributed by atoms with Gasteiger partial charge in [0, 0.05) is 12.8 Å². The Bertz CT molecular complexity index is 1350. The van der Waals surface area contributed by atoms with Crippen molar-refractivity contribution >= 4 is 27.6 Å². The first kappa shape index (κ1) is 57.5. The van der Waals surface area contributed by atoms with Crippen molar-refractivity contribution < 1.29 is 66.7 Å². The maximum atomic E-state index is 12.7. The van der Waals surface area contributed by atoms with Gasteiger partial charge in [0.1, 0.15) is 12.7 Å². The van der Waals surface area contributed by atoms with E-state index in [0.29, 0.717) is 6.42 Å². The van der Waals surface area contributed by atoms with Crippen molar-refractivity contribution in [1.82, 2.24) is 0 Å². The van der Waals surface area contributed by atoms with Gasteiger partial charge in [-0.3, -0.25) is 23.2 Å². The highest BCUT2D eigenvalue weighted by Gasteiger charge is 2.28. The molecule has 4 atom stereocenters. The van der Waals surface area contributed by atoms with Crippen molar-refractivity contribution in [3.63, 3.8) is 0 Å². The molecule has 0 fully saturated rings. The summed E-state index contributed by atoms with van der Waals surface area (Å²) in [6.07, 6.45) is 39.4. The monoisotopic (exact) mass is 890 g/mol. The highest BCUT2D eigenvalue weighted by Crippen LogP contribution is 2.43. The molecule has 0 rings (SSSR count). The molecule has 0 aromatic carbocycles. The van der Waals surface area contributed by atoms with E-state index in [1.54, 1.807) is 12.2 Å². The molecule has 0 heterocycles. The summed E-state index contributed by atoms with van der Waals surface area (Å²) in [6.45, 7) is 1.36. The molecule has 2 unspecified atom stereocenters. The number of allylic oxidation sites excluding steroid dienone is 11. The number of esters is 2. The van der Waals surface area contributed by atoms with E-state index < -0.39 is 72.3 Å². The highest BCUT2D eigenvalue weighted by atomic mass is 31.2. The Balaban J connectivity index is 4.77. The first-order valence-corrected chi connectivity index (χ1v) is 24.8. The number of carbonyl (C=O) groups excluding carboxylic acids is 2. The van der Waals surface area contributed by atoms with Crippen LogP contribution in [-0.4, -0.2) is 81.6 Å². The minimum absolute atomic E-state index is 0.0165. The van der Waals surface area contributed by atoms with E-state index in [0.717, 1.165) is 51.4 Å². The minimum Gasteiger partial charge on any atom is -0.462 e. The first-order chi connectivity index (χ1) is 28.8. The van der Waals surface area contributed by atoms with Crippen LogP contribution in [0.4, 0.5) is 0 Å². The summed E-state index contributed by atoms with van der Waals surface area (Å²) in [6, 6.07) is 0. The maximum absolute atomic E-state index is 12.7. The Morgan fingerprint density at radius 3 is 1.57 bits per heavy atom. The molecule has 0 aromatic heterocycles. The number of aliphatic hydroxyl groups is 2. The quantitative estimate of drug-likeness (QED) is 0.0127. The van der Waals surface area contributed by atoms with Gasteiger partial charge in [-0.2, -0.15) is 0 Å². The summed E-state index contributed by atoms with van der Waals surface area (Å²) in [5.74, 6) is -1.32. The average Bonchev–Trinajstić information content (AvgIpc) is 3.20. The Morgan fingerprint density at radius 2 is 1.03 bits per heavy atom. The molecular weight excluding hydrogens is 814 g/mol. The van der Waals surface area contributed by atoms with Gasteiger partial charge in [0.05, 0.1) is 25.9 Å². The molecule has 0 amide bonds. The highest BCUT2D eigenvalue weighted by molar-refractivity contribution is 7.47. The summed E-state index contributed by atoms with van der Waals surface area (Å²) in [7, 11) is -9.76. The summed E-state index contributed by atoms with van der Waals surface area (Å²) < 4.78 is 47.5. The minimum atomic E-state index is -4.89. The van der Waals surface area contributed by atoms with E-state index in [2.05, 4.69) is 65.4 Å². The fourth-order valence-electron chi connectivity index (χ4n) is 5.40. The van der Waals surface area contributed by atoms with Gasteiger partial charge < -0.3 is 34.4 Å². The average molecular weight is 891 g/mol. The second-order valence-electron chi connectivity index (χ2n) is 14.4. The van der Waals surface area contributed by atoms with E-state index in [4.69, 9.17) is 23.8 Å². The lowest BCUT2D eigenvalue weighted by molar-refractivity contribution is -0.161. The Hall–Kier alpha value is -2.48. The van der Waals surface area contributed by atoms with Crippen molar-refractivity contribution in [2.24, 2.45) is 0 Å². The van der Waals surface area contributed by atoms with Crippen LogP contribution in [0.25, 0.3) is 0 Å². The van der Waals surface area contributed by atoms with Crippen molar-refractivity contribution in [2.45, 2.75) is 167 Å². The smallest absolute Gasteiger partial charge is 0.462 e. The SMILES string of the molecule is CC/C=C\C/C=C\C/C=C\C/C=C\C/C=C\C=C/C(O)CCC(=O)O[C@H](COC(=O)CCCCCCCCCCCCCCC)COP(=O)(O)OC[C@@H](O)COP(=O)(O)O. The number of phosphoric acid groups is 2. The summed E-state index contributed by atoms with van der Waals surface area (Å²) >= 11 is 0. The van der Waals surface area contributed by atoms with Crippen molar-refractivity contribution in [1.29, 1.82) is 0 Å². The number of hydrogen-bond donors (Lipinski definition) is 5. The van der Waals surface area contributed by atoms with Gasteiger partial charge in [-0.25, -0.2) is 9.13 Å². The molecule has 14 nitrogen and oxygen atoms in total. The van der Waals surface area contributed by atoms with Gasteiger partial charge in [-0.1, -0.05) is 164 Å². The lowest BCUT2D eigenvalue weighted by atomic mass is 10.0. The summed E-state index contributed by atoms with van der Waals surface area (Å²) in [5, 5.41) is 20.1. The van der Waals surface area contributed by atoms with E-state index in [1.807, 2.05) is 12.2 Å². The van der Waals surface area contributed by atoms with Gasteiger partial charge in [0.15, 0.2) is 6.10 Å². The topological polar surface area (TPSA) is 216 Å². The fourth-order valence-corrected chi connectivity index (χ4v) is 6.55. The lowest BCUT2D eigenvalue weighted by Crippen LogP contribution is -2.30. The number of ether oxygens (including phenoxy) is 2. The fraction of sp³-hybridized carbons (Fsp3) is 0.682. The molecule has 16 heteroatoms. The number of aliphatic hydroxyl groups excluding tert-OH is 2. The number of carbonyl (C=O) groups is 2. The van der Waals surface area contributed by atoms with E-state index in [-0.39, 0.29) is 19.3 Å². The second kappa shape index (κ2) is 39.4. The lowest BCUT2D eigenvalue weighted by Gasteiger charge is -2.20. The molecule has 346 valence electrons. The number of rotatable bonds is 40. The normalized spacial score (nSPS) is 15.2. The number of unbranched alkanes of at least 4 members (excludes halogenated alkanes) is 12. The van der Waals surface area contributed by atoms with Gasteiger partial charge >= 0.3 is 27.6 Å². The van der Waals surface area contributed by atoms with Gasteiger partial charge in [0.2, 0.25) is 0 Å². The maximum Gasteiger partial charge on any atom is 0.472 e. The third kappa shape index (κ3) is 42.2. The second-order valence-corrected chi connectivity index (χ2v) is 17.1. The Labute approximate surface area is 359 Å². The van der Waals surface area contributed by atoms with Crippen LogP contribution in [0.1, 0.15) is 149 Å². The predicted octanol–water partition coefficient (Wildman–Crippen LogP) is 9.98. The molecule has 0 spiro atoms. The van der Waals surface area contributed by atoms with Crippen molar-refractivity contribution in [2.75, 3.05) is 26.4 Å². The third-order valence-corrected chi connectivity index (χ3v) is 10.2. The first-order valence-electron chi connectivity index (χ1n) is 21.7. The van der Waals surface area contributed by atoms with Crippen LogP contribution in [0.5, 0.6) is 0 Å². The summed E-state index contributed by atoms with van der Waals surface area (Å²) in [4.78, 5) is 52.7. The molecule has 60 heavy (non-hydrogen) atoms. The predicted molar refractivity (Wildman–Crippen MR) is 236 cm³/mol. The third-order valence-electron chi connectivity index (χ3n) is 8.72. The molecule has 0 aliphatic heterocycles. The van der Waals surface area contributed by atoms with Crippen LogP contribution in [-0.2, 0) is 41.8 Å². The van der Waals surface area contributed by atoms with Crippen LogP contribution in [0.15, 0.2) is 72.9 Å². The van der Waals surface area contributed by atoms with Crippen molar-refractivity contribution in [3.8, 4) is 0 Å². The van der Waals surface area contributed by atoms with E-state index in [9.17, 15) is 33.8 Å². The standard InChI is InChI=1S/C44H76O14P2/c1-3-5-7-9-11-13-15-17-18-19-21-22-24-26-28-30-32-40(45)34-35-44(48)58-42(39-57-60(52,53)56-37-41(46)36-55-59(49,50)51)38-54-43(47)33-31-29-27-25-23-20-16-14-12-10-8-6-4-2/h5,7,11,13,17-18,21-22,26,28,30,32,40-42,45-46H,3-4,6,8-10,12,14-16,19-20,23-25,27,29,31,33-39H2,1-2H3,(H,52,53)(H2,49,50,51)/b7-5-,13-11-,18-17-,22-21-,28-26-,32-30-/t40?,41-,42+/m0/s1. The molecule has 0 saturated heterocycles. The van der Waals surface area contributed by atoms with E-state index in [1.165, 1.54) is 63.9 Å². The number of phosphoric ester groups is 2. The van der Waals surface area contributed by atoms with Crippen LogP contribution < -0.4 is 0 Å². The Kier molecular flexibility index (Phi) is 37.7. The van der Waals surface area contributed by atoms with Gasteiger partial charge in [0.25, 0.3) is 0 Å². The van der Waals surface area contributed by atoms with Crippen LogP contribution in [0.2, 0.25) is 0 Å². The molecule has 0 radical (unpaired) electrons. The van der Waals surface area contributed by atoms with Crippen LogP contribution >= 0.6 is 15.6 Å². The van der Waals surface area contributed by atoms with Gasteiger partial charge in [-0.15, -0.1) is 0 Å². The largest absolute Gasteiger partial charge is 0.472 e. The zero-order valence-corrected chi connectivity index (χ0v) is 37.9. The Morgan fingerprint density at radius 1 is 0.550 bits per heavy atom. The van der Waals surface area contributed by atoms with E-state index >= 15 is 0 Å².